The number of rotatable bonds is 2. The zero-order chi connectivity index (χ0) is 17.6. The van der Waals surface area contributed by atoms with E-state index in [0.29, 0.717) is 19.6 Å². The summed E-state index contributed by atoms with van der Waals surface area (Å²) in [6.07, 6.45) is 1.75. The first-order valence-corrected chi connectivity index (χ1v) is 8.82. The predicted molar refractivity (Wildman–Crippen MR) is 94.0 cm³/mol. The van der Waals surface area contributed by atoms with Crippen molar-refractivity contribution in [2.24, 2.45) is 5.92 Å². The largest absolute Gasteiger partial charge is 0.459 e. The van der Waals surface area contributed by atoms with E-state index in [2.05, 4.69) is 5.32 Å². The molecule has 3 amide bonds. The van der Waals surface area contributed by atoms with Crippen LogP contribution < -0.4 is 5.32 Å². The molecule has 0 bridgehead atoms. The van der Waals surface area contributed by atoms with Gasteiger partial charge in [0.1, 0.15) is 11.3 Å². The monoisotopic (exact) mass is 341 g/mol. The fourth-order valence-corrected chi connectivity index (χ4v) is 4.13. The lowest BCUT2D eigenvalue weighted by molar-refractivity contribution is -0.130. The molecule has 6 heteroatoms. The van der Waals surface area contributed by atoms with Crippen LogP contribution in [0.2, 0.25) is 0 Å². The highest BCUT2D eigenvalue weighted by Crippen LogP contribution is 2.31. The van der Waals surface area contributed by atoms with Gasteiger partial charge in [-0.25, -0.2) is 4.79 Å². The maximum absolute atomic E-state index is 12.7. The van der Waals surface area contributed by atoms with Crippen LogP contribution in [0.4, 0.5) is 4.79 Å². The Morgan fingerprint density at radius 3 is 2.96 bits per heavy atom. The van der Waals surface area contributed by atoms with Gasteiger partial charge in [-0.3, -0.25) is 4.79 Å². The Morgan fingerprint density at radius 1 is 1.36 bits per heavy atom. The lowest BCUT2D eigenvalue weighted by Gasteiger charge is -2.35. The first kappa shape index (κ1) is 16.0. The summed E-state index contributed by atoms with van der Waals surface area (Å²) in [5, 5.41) is 4.05. The fourth-order valence-electron chi connectivity index (χ4n) is 4.13. The van der Waals surface area contributed by atoms with Crippen LogP contribution in [0.15, 0.2) is 28.7 Å². The van der Waals surface area contributed by atoms with Gasteiger partial charge in [0.05, 0.1) is 18.5 Å². The van der Waals surface area contributed by atoms with Gasteiger partial charge in [0, 0.05) is 31.1 Å². The molecule has 2 aliphatic rings. The third-order valence-electron chi connectivity index (χ3n) is 5.54. The Bertz CT molecular complexity index is 828. The van der Waals surface area contributed by atoms with Gasteiger partial charge in [-0.1, -0.05) is 18.2 Å². The molecule has 2 aromatic rings. The molecule has 1 aromatic carbocycles. The standard InChI is InChI=1S/C19H23N3O3/c1-12-13-6-3-4-8-16(13)25-17(12)10-20-19(24)22-9-5-7-14-15(22)11-21(2)18(14)23/h3-4,6,8,14-15H,5,7,9-11H2,1-2H3,(H,20,24)/t14-,15-/m1/s1. The van der Waals surface area contributed by atoms with Crippen LogP contribution in [0.5, 0.6) is 0 Å². The third-order valence-corrected chi connectivity index (χ3v) is 5.54. The number of urea groups is 1. The van der Waals surface area contributed by atoms with Crippen LogP contribution in [0, 0.1) is 12.8 Å². The normalized spacial score (nSPS) is 23.2. The number of fused-ring (bicyclic) bond motifs is 2. The molecule has 6 nitrogen and oxygen atoms in total. The van der Waals surface area contributed by atoms with Gasteiger partial charge in [-0.2, -0.15) is 0 Å². The molecule has 2 fully saturated rings. The van der Waals surface area contributed by atoms with Gasteiger partial charge in [-0.05, 0) is 25.8 Å². The number of aryl methyl sites for hydroxylation is 1. The van der Waals surface area contributed by atoms with Gasteiger partial charge in [0.15, 0.2) is 0 Å². The van der Waals surface area contributed by atoms with E-state index in [1.165, 1.54) is 0 Å². The van der Waals surface area contributed by atoms with Gasteiger partial charge in [-0.15, -0.1) is 0 Å². The molecule has 0 spiro atoms. The first-order valence-electron chi connectivity index (χ1n) is 8.82. The highest BCUT2D eigenvalue weighted by molar-refractivity contribution is 5.84. The highest BCUT2D eigenvalue weighted by Gasteiger charge is 2.45. The van der Waals surface area contributed by atoms with E-state index in [1.807, 2.05) is 43.1 Å². The molecule has 132 valence electrons. The molecular formula is C19H23N3O3. The quantitative estimate of drug-likeness (QED) is 0.913. The van der Waals surface area contributed by atoms with E-state index in [0.717, 1.165) is 35.1 Å². The first-order chi connectivity index (χ1) is 12.1. The number of hydrogen-bond donors (Lipinski definition) is 1. The topological polar surface area (TPSA) is 65.8 Å². The maximum Gasteiger partial charge on any atom is 0.318 e. The second kappa shape index (κ2) is 6.10. The summed E-state index contributed by atoms with van der Waals surface area (Å²) in [6, 6.07) is 7.75. The third kappa shape index (κ3) is 2.65. The smallest absolute Gasteiger partial charge is 0.318 e. The molecule has 0 aliphatic carbocycles. The summed E-state index contributed by atoms with van der Waals surface area (Å²) < 4.78 is 5.86. The number of benzene rings is 1. The van der Waals surface area contributed by atoms with Crippen molar-refractivity contribution in [2.75, 3.05) is 20.1 Å². The molecule has 3 heterocycles. The van der Waals surface area contributed by atoms with Gasteiger partial charge in [0.2, 0.25) is 5.91 Å². The number of carbonyl (C=O) groups is 2. The molecule has 4 rings (SSSR count). The van der Waals surface area contributed by atoms with E-state index in [9.17, 15) is 9.59 Å². The van der Waals surface area contributed by atoms with Gasteiger partial charge >= 0.3 is 6.03 Å². The Morgan fingerprint density at radius 2 is 2.16 bits per heavy atom. The second-order valence-corrected chi connectivity index (χ2v) is 7.03. The Balaban J connectivity index is 1.46. The highest BCUT2D eigenvalue weighted by atomic mass is 16.3. The summed E-state index contributed by atoms with van der Waals surface area (Å²) in [5.41, 5.74) is 1.90. The second-order valence-electron chi connectivity index (χ2n) is 7.03. The average molecular weight is 341 g/mol. The zero-order valence-corrected chi connectivity index (χ0v) is 14.6. The molecule has 0 radical (unpaired) electrons. The Labute approximate surface area is 146 Å². The summed E-state index contributed by atoms with van der Waals surface area (Å²) >= 11 is 0. The number of likely N-dealkylation sites (N-methyl/N-ethyl adjacent to an activating group) is 1. The van der Waals surface area contributed by atoms with Crippen molar-refractivity contribution in [3.05, 3.63) is 35.6 Å². The van der Waals surface area contributed by atoms with E-state index in [1.54, 1.807) is 4.90 Å². The SMILES string of the molecule is Cc1c(CNC(=O)N2CCC[C@H]3C(=O)N(C)C[C@H]32)oc2ccccc12. The van der Waals surface area contributed by atoms with Crippen molar-refractivity contribution < 1.29 is 14.0 Å². The molecule has 0 unspecified atom stereocenters. The molecule has 2 atom stereocenters. The zero-order valence-electron chi connectivity index (χ0n) is 14.6. The number of nitrogens with one attached hydrogen (secondary N) is 1. The fraction of sp³-hybridized carbons (Fsp3) is 0.474. The molecule has 25 heavy (non-hydrogen) atoms. The number of likely N-dealkylation sites (tertiary alicyclic amines) is 2. The lowest BCUT2D eigenvalue weighted by atomic mass is 9.92. The number of carbonyl (C=O) groups excluding carboxylic acids is 2. The number of para-hydroxylation sites is 1. The number of nitrogens with zero attached hydrogens (tertiary/aromatic N) is 2. The number of amides is 3. The van der Waals surface area contributed by atoms with E-state index >= 15 is 0 Å². The molecule has 1 N–H and O–H groups in total. The van der Waals surface area contributed by atoms with Crippen LogP contribution in [0.1, 0.15) is 24.2 Å². The number of piperidine rings is 1. The molecule has 2 saturated heterocycles. The van der Waals surface area contributed by atoms with E-state index in [4.69, 9.17) is 4.42 Å². The minimum absolute atomic E-state index is 0.0111. The molecule has 0 saturated carbocycles. The Kier molecular flexibility index (Phi) is 3.90. The Hall–Kier alpha value is -2.50. The van der Waals surface area contributed by atoms with Crippen molar-refractivity contribution >= 4 is 22.9 Å². The van der Waals surface area contributed by atoms with Crippen LogP contribution in [-0.2, 0) is 11.3 Å². The lowest BCUT2D eigenvalue weighted by Crippen LogP contribution is -2.52. The van der Waals surface area contributed by atoms with Crippen LogP contribution in [0.25, 0.3) is 11.0 Å². The van der Waals surface area contributed by atoms with E-state index in [-0.39, 0.29) is 23.9 Å². The maximum atomic E-state index is 12.7. The minimum atomic E-state index is -0.113. The van der Waals surface area contributed by atoms with Crippen LogP contribution in [-0.4, -0.2) is 47.9 Å². The van der Waals surface area contributed by atoms with Crippen LogP contribution in [0.3, 0.4) is 0 Å². The van der Waals surface area contributed by atoms with Crippen LogP contribution >= 0.6 is 0 Å². The van der Waals surface area contributed by atoms with Crippen molar-refractivity contribution in [3.63, 3.8) is 0 Å². The van der Waals surface area contributed by atoms with E-state index < -0.39 is 0 Å². The number of furan rings is 1. The van der Waals surface area contributed by atoms with Crippen molar-refractivity contribution in [1.29, 1.82) is 0 Å². The summed E-state index contributed by atoms with van der Waals surface area (Å²) in [6.45, 7) is 3.69. The van der Waals surface area contributed by atoms with Gasteiger partial charge < -0.3 is 19.5 Å². The van der Waals surface area contributed by atoms with Crippen molar-refractivity contribution in [3.8, 4) is 0 Å². The number of hydrogen-bond acceptors (Lipinski definition) is 3. The summed E-state index contributed by atoms with van der Waals surface area (Å²) in [5.74, 6) is 0.899. The van der Waals surface area contributed by atoms with Gasteiger partial charge in [0.25, 0.3) is 0 Å². The predicted octanol–water partition coefficient (Wildman–Crippen LogP) is 2.50. The molecule has 2 aliphatic heterocycles. The average Bonchev–Trinajstić information content (AvgIpc) is 3.10. The van der Waals surface area contributed by atoms with Crippen molar-refractivity contribution in [2.45, 2.75) is 32.4 Å². The molecular weight excluding hydrogens is 318 g/mol. The summed E-state index contributed by atoms with van der Waals surface area (Å²) in [7, 11) is 1.81. The molecule has 1 aromatic heterocycles. The minimum Gasteiger partial charge on any atom is -0.459 e. The van der Waals surface area contributed by atoms with Crippen molar-refractivity contribution in [1.82, 2.24) is 15.1 Å². The summed E-state index contributed by atoms with van der Waals surface area (Å²) in [4.78, 5) is 28.4.